The number of hydrogen-bond donors (Lipinski definition) is 0. The molecular formula is C10H9ClO4. The Morgan fingerprint density at radius 1 is 1.60 bits per heavy atom. The molecule has 2 rings (SSSR count). The van der Waals surface area contributed by atoms with Crippen LogP contribution < -0.4 is 0 Å². The van der Waals surface area contributed by atoms with Gasteiger partial charge in [0.2, 0.25) is 0 Å². The van der Waals surface area contributed by atoms with Gasteiger partial charge < -0.3 is 9.15 Å². The standard InChI is InChI=1S/C10H9ClO4/c1-14-10(13)5-2-7(12)6-4-9(11)15-8(6)3-5/h4-5H,2-3H2,1H3. The van der Waals surface area contributed by atoms with Crippen LogP contribution in [0.3, 0.4) is 0 Å². The fraction of sp³-hybridized carbons (Fsp3) is 0.400. The van der Waals surface area contributed by atoms with E-state index in [1.54, 1.807) is 0 Å². The maximum atomic E-state index is 11.6. The Bertz CT molecular complexity index is 421. The Balaban J connectivity index is 2.30. The van der Waals surface area contributed by atoms with Gasteiger partial charge in [-0.05, 0) is 11.6 Å². The maximum Gasteiger partial charge on any atom is 0.309 e. The maximum absolute atomic E-state index is 11.6. The van der Waals surface area contributed by atoms with Crippen LogP contribution in [0.5, 0.6) is 0 Å². The molecule has 0 amide bonds. The van der Waals surface area contributed by atoms with Crippen LogP contribution in [0, 0.1) is 5.92 Å². The zero-order valence-corrected chi connectivity index (χ0v) is 8.84. The first-order valence-corrected chi connectivity index (χ1v) is 4.89. The summed E-state index contributed by atoms with van der Waals surface area (Å²) in [7, 11) is 1.30. The molecular weight excluding hydrogens is 220 g/mol. The van der Waals surface area contributed by atoms with Crippen molar-refractivity contribution >= 4 is 23.4 Å². The van der Waals surface area contributed by atoms with Crippen LogP contribution in [0.15, 0.2) is 10.5 Å². The summed E-state index contributed by atoms with van der Waals surface area (Å²) in [6.07, 6.45) is 0.538. The number of hydrogen-bond acceptors (Lipinski definition) is 4. The Labute approximate surface area is 91.1 Å². The van der Waals surface area contributed by atoms with Crippen LogP contribution >= 0.6 is 11.6 Å². The summed E-state index contributed by atoms with van der Waals surface area (Å²) >= 11 is 5.64. The third kappa shape index (κ3) is 1.77. The number of furan rings is 1. The van der Waals surface area contributed by atoms with Gasteiger partial charge in [-0.15, -0.1) is 0 Å². The van der Waals surface area contributed by atoms with Crippen LogP contribution in [0.4, 0.5) is 0 Å². The van der Waals surface area contributed by atoms with Crippen molar-refractivity contribution in [2.24, 2.45) is 5.92 Å². The second-order valence-corrected chi connectivity index (χ2v) is 3.81. The Hall–Kier alpha value is -1.29. The first-order valence-electron chi connectivity index (χ1n) is 4.51. The van der Waals surface area contributed by atoms with Crippen molar-refractivity contribution in [3.8, 4) is 0 Å². The van der Waals surface area contributed by atoms with Crippen LogP contribution in [-0.4, -0.2) is 18.9 Å². The molecule has 0 aromatic carbocycles. The van der Waals surface area contributed by atoms with Crippen molar-refractivity contribution in [2.45, 2.75) is 12.8 Å². The van der Waals surface area contributed by atoms with E-state index in [4.69, 9.17) is 16.0 Å². The van der Waals surface area contributed by atoms with E-state index in [0.717, 1.165) is 0 Å². The molecule has 1 unspecified atom stereocenters. The largest absolute Gasteiger partial charge is 0.469 e. The first-order chi connectivity index (χ1) is 7.11. The molecule has 1 heterocycles. The minimum Gasteiger partial charge on any atom is -0.469 e. The van der Waals surface area contributed by atoms with Gasteiger partial charge in [0.1, 0.15) is 5.76 Å². The zero-order valence-electron chi connectivity index (χ0n) is 8.08. The molecule has 1 aliphatic carbocycles. The molecule has 1 atom stereocenters. The molecule has 0 aliphatic heterocycles. The lowest BCUT2D eigenvalue weighted by atomic mass is 9.87. The van der Waals surface area contributed by atoms with E-state index in [-0.39, 0.29) is 23.4 Å². The van der Waals surface area contributed by atoms with Crippen LogP contribution in [0.25, 0.3) is 0 Å². The number of carbonyl (C=O) groups is 2. The normalized spacial score (nSPS) is 19.9. The van der Waals surface area contributed by atoms with Crippen molar-refractivity contribution in [3.05, 3.63) is 22.6 Å². The van der Waals surface area contributed by atoms with Gasteiger partial charge in [0.05, 0.1) is 18.6 Å². The second kappa shape index (κ2) is 3.70. The van der Waals surface area contributed by atoms with Gasteiger partial charge in [0.25, 0.3) is 0 Å². The average Bonchev–Trinajstić information content (AvgIpc) is 2.58. The predicted octanol–water partition coefficient (Wildman–Crippen LogP) is 1.85. The fourth-order valence-corrected chi connectivity index (χ4v) is 1.95. The summed E-state index contributed by atoms with van der Waals surface area (Å²) in [5, 5.41) is 0.180. The molecule has 5 heteroatoms. The van der Waals surface area contributed by atoms with Crippen molar-refractivity contribution in [1.82, 2.24) is 0 Å². The molecule has 0 fully saturated rings. The van der Waals surface area contributed by atoms with Crippen LogP contribution in [0.1, 0.15) is 22.5 Å². The van der Waals surface area contributed by atoms with Gasteiger partial charge >= 0.3 is 5.97 Å². The van der Waals surface area contributed by atoms with Gasteiger partial charge in [-0.1, -0.05) is 0 Å². The van der Waals surface area contributed by atoms with Gasteiger partial charge in [-0.25, -0.2) is 0 Å². The highest BCUT2D eigenvalue weighted by Gasteiger charge is 2.33. The van der Waals surface area contributed by atoms with Crippen LogP contribution in [-0.2, 0) is 16.0 Å². The highest BCUT2D eigenvalue weighted by atomic mass is 35.5. The molecule has 0 radical (unpaired) electrons. The quantitative estimate of drug-likeness (QED) is 0.689. The van der Waals surface area contributed by atoms with Gasteiger partial charge in [-0.3, -0.25) is 9.59 Å². The van der Waals surface area contributed by atoms with E-state index < -0.39 is 5.92 Å². The SMILES string of the molecule is COC(=O)C1CC(=O)c2cc(Cl)oc2C1. The number of fused-ring (bicyclic) bond motifs is 1. The molecule has 1 aromatic rings. The Morgan fingerprint density at radius 3 is 3.00 bits per heavy atom. The smallest absolute Gasteiger partial charge is 0.309 e. The van der Waals surface area contributed by atoms with E-state index in [2.05, 4.69) is 4.74 Å². The Kier molecular flexibility index (Phi) is 2.52. The number of Topliss-reactive ketones (excluding diaryl/α,β-unsaturated/α-hetero) is 1. The molecule has 15 heavy (non-hydrogen) atoms. The summed E-state index contributed by atoms with van der Waals surface area (Å²) in [5.41, 5.74) is 0.486. The van der Waals surface area contributed by atoms with Gasteiger partial charge in [0.15, 0.2) is 11.0 Å². The predicted molar refractivity (Wildman–Crippen MR) is 51.9 cm³/mol. The van der Waals surface area contributed by atoms with Crippen molar-refractivity contribution in [2.75, 3.05) is 7.11 Å². The lowest BCUT2D eigenvalue weighted by Crippen LogP contribution is -2.26. The number of carbonyl (C=O) groups excluding carboxylic acids is 2. The summed E-state index contributed by atoms with van der Waals surface area (Å²) in [6, 6.07) is 1.49. The first kappa shape index (κ1) is 10.2. The van der Waals surface area contributed by atoms with E-state index >= 15 is 0 Å². The highest BCUT2D eigenvalue weighted by Crippen LogP contribution is 2.30. The summed E-state index contributed by atoms with van der Waals surface area (Å²) in [5.74, 6) is -0.479. The molecule has 0 saturated heterocycles. The molecule has 4 nitrogen and oxygen atoms in total. The molecule has 1 aliphatic rings. The molecule has 0 saturated carbocycles. The minimum atomic E-state index is -0.447. The van der Waals surface area contributed by atoms with Crippen molar-refractivity contribution < 1.29 is 18.7 Å². The van der Waals surface area contributed by atoms with Crippen molar-refractivity contribution in [1.29, 1.82) is 0 Å². The second-order valence-electron chi connectivity index (χ2n) is 3.44. The fourth-order valence-electron chi connectivity index (χ4n) is 1.75. The molecule has 80 valence electrons. The van der Waals surface area contributed by atoms with E-state index in [1.165, 1.54) is 13.2 Å². The highest BCUT2D eigenvalue weighted by molar-refractivity contribution is 6.29. The van der Waals surface area contributed by atoms with E-state index in [1.807, 2.05) is 0 Å². The number of esters is 1. The topological polar surface area (TPSA) is 56.5 Å². The molecule has 0 spiro atoms. The molecule has 0 N–H and O–H groups in total. The number of halogens is 1. The summed E-state index contributed by atoms with van der Waals surface area (Å²) < 4.78 is 9.73. The number of ketones is 1. The Morgan fingerprint density at radius 2 is 2.33 bits per heavy atom. The van der Waals surface area contributed by atoms with Gasteiger partial charge in [0, 0.05) is 18.9 Å². The van der Waals surface area contributed by atoms with Crippen LogP contribution in [0.2, 0.25) is 5.22 Å². The third-order valence-corrected chi connectivity index (χ3v) is 2.66. The number of ether oxygens (including phenoxy) is 1. The summed E-state index contributed by atoms with van der Waals surface area (Å²) in [6.45, 7) is 0. The lowest BCUT2D eigenvalue weighted by Gasteiger charge is -2.17. The van der Waals surface area contributed by atoms with Crippen molar-refractivity contribution in [3.63, 3.8) is 0 Å². The number of methoxy groups -OCH3 is 1. The lowest BCUT2D eigenvalue weighted by molar-refractivity contribution is -0.145. The minimum absolute atomic E-state index is 0.123. The van der Waals surface area contributed by atoms with E-state index in [9.17, 15) is 9.59 Å². The average molecular weight is 229 g/mol. The molecule has 1 aromatic heterocycles. The van der Waals surface area contributed by atoms with E-state index in [0.29, 0.717) is 17.7 Å². The monoisotopic (exact) mass is 228 g/mol. The molecule has 0 bridgehead atoms. The van der Waals surface area contributed by atoms with Gasteiger partial charge in [-0.2, -0.15) is 0 Å². The summed E-state index contributed by atoms with van der Waals surface area (Å²) in [4.78, 5) is 22.9. The zero-order chi connectivity index (χ0) is 11.0. The number of rotatable bonds is 1. The third-order valence-electron chi connectivity index (χ3n) is 2.48.